The number of hydrogen-bond donors (Lipinski definition) is 4. The van der Waals surface area contributed by atoms with Crippen LogP contribution in [0.3, 0.4) is 0 Å². The molecule has 1 aliphatic rings. The molecule has 0 spiro atoms. The Bertz CT molecular complexity index is 1890. The fourth-order valence-electron chi connectivity index (χ4n) is 5.64. The van der Waals surface area contributed by atoms with E-state index in [1.54, 1.807) is 35.1 Å². The third-order valence-electron chi connectivity index (χ3n) is 8.46. The summed E-state index contributed by atoms with van der Waals surface area (Å²) in [7, 11) is -4.03. The lowest BCUT2D eigenvalue weighted by molar-refractivity contribution is -0.132. The predicted molar refractivity (Wildman–Crippen MR) is 188 cm³/mol. The van der Waals surface area contributed by atoms with E-state index in [0.717, 1.165) is 5.56 Å². The van der Waals surface area contributed by atoms with Crippen LogP contribution in [0.2, 0.25) is 0 Å². The Kier molecular flexibility index (Phi) is 12.6. The summed E-state index contributed by atoms with van der Waals surface area (Å²) in [6, 6.07) is 14.5. The van der Waals surface area contributed by atoms with Gasteiger partial charge < -0.3 is 25.7 Å². The summed E-state index contributed by atoms with van der Waals surface area (Å²) in [5.41, 5.74) is 2.09. The van der Waals surface area contributed by atoms with Crippen molar-refractivity contribution in [2.75, 3.05) is 26.2 Å². The number of hydrogen-bond acceptors (Lipinski definition) is 9. The van der Waals surface area contributed by atoms with Crippen molar-refractivity contribution in [3.05, 3.63) is 89.6 Å². The van der Waals surface area contributed by atoms with E-state index in [1.807, 2.05) is 51.1 Å². The molecular formula is C35H45N9O6S. The maximum atomic E-state index is 13.8. The Morgan fingerprint density at radius 3 is 2.53 bits per heavy atom. The van der Waals surface area contributed by atoms with Gasteiger partial charge in [0.1, 0.15) is 30.3 Å². The van der Waals surface area contributed by atoms with Gasteiger partial charge in [-0.25, -0.2) is 18.1 Å². The molecule has 4 bridgehead atoms. The van der Waals surface area contributed by atoms with Crippen LogP contribution in [0.5, 0.6) is 5.75 Å². The molecule has 0 radical (unpaired) electrons. The average molecular weight is 720 g/mol. The largest absolute Gasteiger partial charge is 0.492 e. The zero-order valence-electron chi connectivity index (χ0n) is 29.0. The number of rotatable bonds is 6. The van der Waals surface area contributed by atoms with Crippen molar-refractivity contribution in [1.29, 1.82) is 0 Å². The Morgan fingerprint density at radius 1 is 0.980 bits per heavy atom. The summed E-state index contributed by atoms with van der Waals surface area (Å²) >= 11 is 0. The number of aromatic amines is 1. The van der Waals surface area contributed by atoms with Crippen LogP contribution < -0.4 is 20.7 Å². The molecule has 4 aromatic rings. The summed E-state index contributed by atoms with van der Waals surface area (Å²) in [6.07, 6.45) is 4.01. The van der Waals surface area contributed by atoms with Gasteiger partial charge in [0, 0.05) is 45.1 Å². The quantitative estimate of drug-likeness (QED) is 0.228. The number of H-pyrrole nitrogens is 1. The first-order valence-corrected chi connectivity index (χ1v) is 18.5. The zero-order valence-corrected chi connectivity index (χ0v) is 29.9. The second kappa shape index (κ2) is 17.2. The molecule has 5 rings (SSSR count). The Morgan fingerprint density at radius 2 is 1.78 bits per heavy atom. The van der Waals surface area contributed by atoms with E-state index in [1.165, 1.54) is 10.5 Å². The predicted octanol–water partition coefficient (Wildman–Crippen LogP) is 1.42. The molecule has 0 fully saturated rings. The molecule has 2 atom stereocenters. The average Bonchev–Trinajstić information content (AvgIpc) is 3.79. The minimum atomic E-state index is -4.03. The molecule has 3 amide bonds. The van der Waals surface area contributed by atoms with Gasteiger partial charge in [0.15, 0.2) is 5.03 Å². The van der Waals surface area contributed by atoms with Gasteiger partial charge in [-0.15, -0.1) is 5.10 Å². The second-order valence-electron chi connectivity index (χ2n) is 12.7. The van der Waals surface area contributed by atoms with Gasteiger partial charge in [-0.3, -0.25) is 14.4 Å². The highest BCUT2D eigenvalue weighted by Gasteiger charge is 2.30. The van der Waals surface area contributed by atoms with Gasteiger partial charge in [0.05, 0.1) is 24.9 Å². The van der Waals surface area contributed by atoms with Crippen molar-refractivity contribution in [3.63, 3.8) is 0 Å². The highest BCUT2D eigenvalue weighted by Crippen LogP contribution is 2.17. The summed E-state index contributed by atoms with van der Waals surface area (Å²) in [6.45, 7) is 6.10. The number of benzene rings is 2. The summed E-state index contributed by atoms with van der Waals surface area (Å²) in [5.74, 6) is -0.547. The molecule has 0 unspecified atom stereocenters. The van der Waals surface area contributed by atoms with Crippen molar-refractivity contribution in [2.24, 2.45) is 5.92 Å². The lowest BCUT2D eigenvalue weighted by Crippen LogP contribution is -2.56. The van der Waals surface area contributed by atoms with Gasteiger partial charge in [0.2, 0.25) is 17.7 Å². The number of nitrogens with one attached hydrogen (secondary N) is 4. The van der Waals surface area contributed by atoms with E-state index >= 15 is 0 Å². The van der Waals surface area contributed by atoms with E-state index in [-0.39, 0.29) is 62.4 Å². The summed E-state index contributed by atoms with van der Waals surface area (Å²) in [5, 5.41) is 16.8. The minimum Gasteiger partial charge on any atom is -0.492 e. The molecule has 272 valence electrons. The van der Waals surface area contributed by atoms with Gasteiger partial charge in [-0.05, 0) is 29.2 Å². The number of carbonyl (C=O) groups excluding carboxylic acids is 3. The van der Waals surface area contributed by atoms with Gasteiger partial charge in [0.25, 0.3) is 10.0 Å². The third-order valence-corrected chi connectivity index (χ3v) is 10.3. The van der Waals surface area contributed by atoms with E-state index in [4.69, 9.17) is 4.74 Å². The molecule has 4 N–H and O–H groups in total. The first-order chi connectivity index (χ1) is 24.5. The van der Waals surface area contributed by atoms with Crippen molar-refractivity contribution in [3.8, 4) is 5.75 Å². The van der Waals surface area contributed by atoms with Crippen LogP contribution in [0.25, 0.3) is 0 Å². The zero-order chi connectivity index (χ0) is 36.4. The first-order valence-electron chi connectivity index (χ1n) is 17.1. The maximum absolute atomic E-state index is 13.8. The Balaban J connectivity index is 1.42. The number of imidazole rings is 1. The SMILES string of the molecule is CCc1ncc(S(=O)(=O)N2CCNC(=O)[C@H](Cc3ccccc3)NC(=O)[C@@H](C(C)C)NC(=O)Cc3cccc(c3)OCCn3cc(nn3)CC2)[nH]1. The Hall–Kier alpha value is -5.09. The van der Waals surface area contributed by atoms with Crippen molar-refractivity contribution < 1.29 is 27.5 Å². The van der Waals surface area contributed by atoms with Gasteiger partial charge in [-0.2, -0.15) is 4.31 Å². The van der Waals surface area contributed by atoms with Crippen LogP contribution in [-0.4, -0.2) is 93.7 Å². The van der Waals surface area contributed by atoms with Crippen LogP contribution in [-0.2, 0) is 56.6 Å². The van der Waals surface area contributed by atoms with Gasteiger partial charge >= 0.3 is 0 Å². The molecule has 0 saturated carbocycles. The highest BCUT2D eigenvalue weighted by molar-refractivity contribution is 7.89. The number of nitrogens with zero attached hydrogens (tertiary/aromatic N) is 5. The molecule has 1 aliphatic heterocycles. The number of sulfonamides is 1. The normalized spacial score (nSPS) is 19.1. The number of aromatic nitrogens is 5. The fraction of sp³-hybridized carbons (Fsp3) is 0.429. The van der Waals surface area contributed by atoms with Crippen LogP contribution in [0, 0.1) is 5.92 Å². The van der Waals surface area contributed by atoms with Crippen LogP contribution in [0.1, 0.15) is 43.4 Å². The molecule has 0 aliphatic carbocycles. The van der Waals surface area contributed by atoms with E-state index in [2.05, 4.69) is 36.2 Å². The highest BCUT2D eigenvalue weighted by atomic mass is 32.2. The first kappa shape index (κ1) is 37.2. The van der Waals surface area contributed by atoms with Crippen LogP contribution in [0.4, 0.5) is 0 Å². The van der Waals surface area contributed by atoms with E-state index in [9.17, 15) is 22.8 Å². The minimum absolute atomic E-state index is 0.0196. The second-order valence-corrected chi connectivity index (χ2v) is 14.6. The standard InChI is InChI=1S/C35H45N9O6S/c1-4-30-37-22-32(39-30)51(48,49)44-15-13-27-23-43(42-41-27)17-18-50-28-12-8-11-26(19-28)21-31(45)40-33(24(2)3)35(47)38-29(34(46)36-14-16-44)20-25-9-6-5-7-10-25/h5-12,19,22-24,29,33H,4,13-18,20-21H2,1-3H3,(H,36,46)(H,37,39)(H,38,47)(H,40,45)/t29-,33+/m0/s1. The molecule has 0 saturated heterocycles. The van der Waals surface area contributed by atoms with Crippen LogP contribution >= 0.6 is 0 Å². The molecule has 15 nitrogen and oxygen atoms in total. The maximum Gasteiger partial charge on any atom is 0.260 e. The van der Waals surface area contributed by atoms with Crippen LogP contribution in [0.15, 0.2) is 72.0 Å². The molecule has 2 aromatic carbocycles. The smallest absolute Gasteiger partial charge is 0.260 e. The monoisotopic (exact) mass is 719 g/mol. The lowest BCUT2D eigenvalue weighted by atomic mass is 10.0. The van der Waals surface area contributed by atoms with E-state index < -0.39 is 33.9 Å². The number of aryl methyl sites for hydroxylation is 1. The topological polar surface area (TPSA) is 193 Å². The van der Waals surface area contributed by atoms with Gasteiger partial charge in [-0.1, -0.05) is 68.4 Å². The van der Waals surface area contributed by atoms with Crippen molar-refractivity contribution in [2.45, 2.75) is 70.1 Å². The molecule has 2 aromatic heterocycles. The summed E-state index contributed by atoms with van der Waals surface area (Å²) < 4.78 is 36.4. The number of amides is 3. The summed E-state index contributed by atoms with van der Waals surface area (Å²) in [4.78, 5) is 47.6. The lowest BCUT2D eigenvalue weighted by Gasteiger charge is -2.26. The molecule has 51 heavy (non-hydrogen) atoms. The number of fused-ring (bicyclic) bond motifs is 4. The molecule has 3 heterocycles. The fourth-order valence-corrected chi connectivity index (χ4v) is 7.02. The third kappa shape index (κ3) is 10.2. The number of ether oxygens (including phenoxy) is 1. The molecule has 16 heteroatoms. The molecular weight excluding hydrogens is 675 g/mol. The van der Waals surface area contributed by atoms with Crippen molar-refractivity contribution >= 4 is 27.7 Å². The number of carbonyl (C=O) groups is 3. The van der Waals surface area contributed by atoms with Crippen molar-refractivity contribution in [1.82, 2.24) is 45.2 Å². The Labute approximate surface area is 297 Å². The van der Waals surface area contributed by atoms with E-state index in [0.29, 0.717) is 35.8 Å².